The minimum absolute atomic E-state index is 0.0104. The molecule has 0 amide bonds. The average Bonchev–Trinajstić information content (AvgIpc) is 2.62. The Bertz CT molecular complexity index is 923. The fourth-order valence-electron chi connectivity index (χ4n) is 2.61. The number of benzene rings is 2. The van der Waals surface area contributed by atoms with Crippen molar-refractivity contribution in [2.45, 2.75) is 11.8 Å². The molecule has 1 fully saturated rings. The summed E-state index contributed by atoms with van der Waals surface area (Å²) < 4.78 is 50.4. The van der Waals surface area contributed by atoms with Crippen molar-refractivity contribution in [3.63, 3.8) is 0 Å². The van der Waals surface area contributed by atoms with E-state index in [9.17, 15) is 17.6 Å². The molecule has 0 spiro atoms. The number of nitrogens with zero attached hydrogens (tertiary/aromatic N) is 1. The van der Waals surface area contributed by atoms with Crippen molar-refractivity contribution >= 4 is 16.0 Å². The Morgan fingerprint density at radius 3 is 2.58 bits per heavy atom. The summed E-state index contributed by atoms with van der Waals surface area (Å²) in [6.45, 7) is 2.87. The number of carbonyl (C=O) groups excluding carboxylic acids is 1. The first-order valence-corrected chi connectivity index (χ1v) is 9.48. The largest absolute Gasteiger partial charge is 0.423 e. The first-order chi connectivity index (χ1) is 12.4. The van der Waals surface area contributed by atoms with Gasteiger partial charge in [0.05, 0.1) is 23.7 Å². The van der Waals surface area contributed by atoms with E-state index in [4.69, 9.17) is 9.47 Å². The highest BCUT2D eigenvalue weighted by Gasteiger charge is 2.27. The molecule has 138 valence electrons. The number of hydrogen-bond acceptors (Lipinski definition) is 5. The lowest BCUT2D eigenvalue weighted by Crippen LogP contribution is -2.40. The number of esters is 1. The molecule has 2 aromatic rings. The molecule has 0 radical (unpaired) electrons. The Hall–Kier alpha value is -2.29. The van der Waals surface area contributed by atoms with Gasteiger partial charge in [0, 0.05) is 19.2 Å². The lowest BCUT2D eigenvalue weighted by Gasteiger charge is -2.26. The molecule has 0 saturated carbocycles. The highest BCUT2D eigenvalue weighted by molar-refractivity contribution is 7.89. The molecular formula is C18H18FNO5S. The molecule has 0 unspecified atom stereocenters. The monoisotopic (exact) mass is 379 g/mol. The number of rotatable bonds is 4. The van der Waals surface area contributed by atoms with Gasteiger partial charge in [-0.2, -0.15) is 4.31 Å². The third kappa shape index (κ3) is 3.92. The molecule has 8 heteroatoms. The predicted molar refractivity (Wildman–Crippen MR) is 92.1 cm³/mol. The minimum atomic E-state index is -3.73. The van der Waals surface area contributed by atoms with Crippen molar-refractivity contribution in [3.05, 3.63) is 59.4 Å². The van der Waals surface area contributed by atoms with Crippen LogP contribution in [0.2, 0.25) is 0 Å². The predicted octanol–water partition coefficient (Wildman–Crippen LogP) is 2.37. The van der Waals surface area contributed by atoms with Crippen molar-refractivity contribution in [2.75, 3.05) is 26.3 Å². The molecule has 0 N–H and O–H groups in total. The normalized spacial score (nSPS) is 15.6. The Labute approximate surface area is 151 Å². The van der Waals surface area contributed by atoms with Gasteiger partial charge in [0.15, 0.2) is 0 Å². The standard InChI is InChI=1S/C18H18FNO5S/c1-13-5-6-16(26(22,23)20-7-9-24-10-8-20)12-17(13)18(21)25-15-4-2-3-14(19)11-15/h2-6,11-12H,7-10H2,1H3. The van der Waals surface area contributed by atoms with E-state index in [1.54, 1.807) is 13.0 Å². The van der Waals surface area contributed by atoms with Crippen molar-refractivity contribution in [3.8, 4) is 5.75 Å². The van der Waals surface area contributed by atoms with Gasteiger partial charge in [-0.1, -0.05) is 12.1 Å². The van der Waals surface area contributed by atoms with Gasteiger partial charge in [-0.05, 0) is 36.8 Å². The third-order valence-corrected chi connectivity index (χ3v) is 5.94. The summed E-state index contributed by atoms with van der Waals surface area (Å²) in [6.07, 6.45) is 0. The Balaban J connectivity index is 1.88. The van der Waals surface area contributed by atoms with Gasteiger partial charge in [-0.15, -0.1) is 0 Å². The van der Waals surface area contributed by atoms with Crippen molar-refractivity contribution < 1.29 is 27.1 Å². The van der Waals surface area contributed by atoms with Crippen LogP contribution in [0.3, 0.4) is 0 Å². The fraction of sp³-hybridized carbons (Fsp3) is 0.278. The van der Waals surface area contributed by atoms with E-state index < -0.39 is 21.8 Å². The summed E-state index contributed by atoms with van der Waals surface area (Å²) in [5.41, 5.74) is 0.677. The molecule has 0 aromatic heterocycles. The van der Waals surface area contributed by atoms with Crippen LogP contribution >= 0.6 is 0 Å². The van der Waals surface area contributed by atoms with Gasteiger partial charge >= 0.3 is 5.97 Å². The third-order valence-electron chi connectivity index (χ3n) is 4.04. The summed E-state index contributed by atoms with van der Waals surface area (Å²) in [7, 11) is -3.73. The lowest BCUT2D eigenvalue weighted by molar-refractivity contribution is 0.0726. The summed E-state index contributed by atoms with van der Waals surface area (Å²) >= 11 is 0. The first kappa shape index (κ1) is 18.5. The number of morpholine rings is 1. The zero-order chi connectivity index (χ0) is 18.7. The molecule has 6 nitrogen and oxygen atoms in total. The number of carbonyl (C=O) groups is 1. The number of hydrogen-bond donors (Lipinski definition) is 0. The van der Waals surface area contributed by atoms with Crippen LogP contribution in [0.5, 0.6) is 5.75 Å². The van der Waals surface area contributed by atoms with E-state index in [0.717, 1.165) is 6.07 Å². The van der Waals surface area contributed by atoms with Crippen LogP contribution < -0.4 is 4.74 Å². The van der Waals surface area contributed by atoms with Crippen LogP contribution in [-0.2, 0) is 14.8 Å². The van der Waals surface area contributed by atoms with Crippen LogP contribution in [-0.4, -0.2) is 45.0 Å². The number of sulfonamides is 1. The van der Waals surface area contributed by atoms with E-state index in [2.05, 4.69) is 0 Å². The van der Waals surface area contributed by atoms with Gasteiger partial charge in [-0.25, -0.2) is 17.6 Å². The topological polar surface area (TPSA) is 72.9 Å². The van der Waals surface area contributed by atoms with Crippen LogP contribution in [0.4, 0.5) is 4.39 Å². The quantitative estimate of drug-likeness (QED) is 0.602. The van der Waals surface area contributed by atoms with Gasteiger partial charge in [-0.3, -0.25) is 0 Å². The summed E-state index contributed by atoms with van der Waals surface area (Å²) in [5, 5.41) is 0. The molecule has 1 aliphatic heterocycles. The zero-order valence-corrected chi connectivity index (χ0v) is 15.0. The first-order valence-electron chi connectivity index (χ1n) is 8.04. The second-order valence-electron chi connectivity index (χ2n) is 5.84. The second kappa shape index (κ2) is 7.53. The van der Waals surface area contributed by atoms with Crippen molar-refractivity contribution in [2.24, 2.45) is 0 Å². The molecular weight excluding hydrogens is 361 g/mol. The minimum Gasteiger partial charge on any atom is -0.423 e. The van der Waals surface area contributed by atoms with Gasteiger partial charge in [0.1, 0.15) is 11.6 Å². The van der Waals surface area contributed by atoms with E-state index >= 15 is 0 Å². The zero-order valence-electron chi connectivity index (χ0n) is 14.1. The van der Waals surface area contributed by atoms with Gasteiger partial charge < -0.3 is 9.47 Å². The van der Waals surface area contributed by atoms with Crippen LogP contribution in [0.15, 0.2) is 47.4 Å². The van der Waals surface area contributed by atoms with Crippen molar-refractivity contribution in [1.82, 2.24) is 4.31 Å². The Morgan fingerprint density at radius 1 is 1.15 bits per heavy atom. The number of aryl methyl sites for hydroxylation is 1. The molecule has 3 rings (SSSR count). The molecule has 0 bridgehead atoms. The smallest absolute Gasteiger partial charge is 0.343 e. The van der Waals surface area contributed by atoms with E-state index in [1.807, 2.05) is 0 Å². The highest BCUT2D eigenvalue weighted by Crippen LogP contribution is 2.22. The number of halogens is 1. The lowest BCUT2D eigenvalue weighted by atomic mass is 10.1. The Morgan fingerprint density at radius 2 is 1.88 bits per heavy atom. The number of ether oxygens (including phenoxy) is 2. The molecule has 26 heavy (non-hydrogen) atoms. The molecule has 0 atom stereocenters. The SMILES string of the molecule is Cc1ccc(S(=O)(=O)N2CCOCC2)cc1C(=O)Oc1cccc(F)c1. The Kier molecular flexibility index (Phi) is 5.36. The van der Waals surface area contributed by atoms with Crippen molar-refractivity contribution in [1.29, 1.82) is 0 Å². The highest BCUT2D eigenvalue weighted by atomic mass is 32.2. The van der Waals surface area contributed by atoms with Crippen LogP contribution in [0, 0.1) is 12.7 Å². The molecule has 1 saturated heterocycles. The van der Waals surface area contributed by atoms with E-state index in [0.29, 0.717) is 18.8 Å². The molecule has 1 heterocycles. The maximum Gasteiger partial charge on any atom is 0.343 e. The van der Waals surface area contributed by atoms with Crippen LogP contribution in [0.25, 0.3) is 0 Å². The molecule has 0 aliphatic carbocycles. The van der Waals surface area contributed by atoms with E-state index in [-0.39, 0.29) is 29.3 Å². The fourth-order valence-corrected chi connectivity index (χ4v) is 4.04. The molecule has 1 aliphatic rings. The maximum absolute atomic E-state index is 13.2. The summed E-state index contributed by atoms with van der Waals surface area (Å²) in [4.78, 5) is 12.4. The van der Waals surface area contributed by atoms with E-state index in [1.165, 1.54) is 34.6 Å². The van der Waals surface area contributed by atoms with Gasteiger partial charge in [0.25, 0.3) is 0 Å². The average molecular weight is 379 g/mol. The molecule has 2 aromatic carbocycles. The van der Waals surface area contributed by atoms with Crippen LogP contribution in [0.1, 0.15) is 15.9 Å². The van der Waals surface area contributed by atoms with Gasteiger partial charge in [0.2, 0.25) is 10.0 Å². The second-order valence-corrected chi connectivity index (χ2v) is 7.78. The summed E-state index contributed by atoms with van der Waals surface area (Å²) in [5.74, 6) is -1.22. The maximum atomic E-state index is 13.2. The summed E-state index contributed by atoms with van der Waals surface area (Å²) in [6, 6.07) is 9.49.